The number of imide groups is 1. The lowest BCUT2D eigenvalue weighted by molar-refractivity contribution is -0.146. The van der Waals surface area contributed by atoms with Gasteiger partial charge in [0.2, 0.25) is 17.7 Å². The van der Waals surface area contributed by atoms with E-state index in [1.807, 2.05) is 0 Å². The third kappa shape index (κ3) is 2.33. The number of anilines is 1. The van der Waals surface area contributed by atoms with Crippen LogP contribution in [0.1, 0.15) is 30.6 Å². The molecule has 6 nitrogen and oxygen atoms in total. The molecule has 0 aromatic heterocycles. The Morgan fingerprint density at radius 1 is 1.00 bits per heavy atom. The smallest absolute Gasteiger partial charge is 0.247 e. The number of amides is 3. The Balaban J connectivity index is 1.33. The number of nitrogens with zero attached hydrogens (tertiary/aromatic N) is 1. The Hall–Kier alpha value is -2.76. The first-order valence-electron chi connectivity index (χ1n) is 9.85. The molecule has 28 heavy (non-hydrogen) atoms. The monoisotopic (exact) mass is 378 g/mol. The zero-order valence-corrected chi connectivity index (χ0v) is 15.8. The molecule has 2 bridgehead atoms. The molecule has 5 aliphatic rings. The van der Waals surface area contributed by atoms with Crippen molar-refractivity contribution in [2.45, 2.75) is 26.3 Å². The second-order valence-electron chi connectivity index (χ2n) is 8.50. The summed E-state index contributed by atoms with van der Waals surface area (Å²) in [7, 11) is 0. The standard InChI is InChI=1S/C22H22N2O4/c1-10(20(26)23-13-5-3-12(4-6-13)11(2)25)24-21(27)18-14-7-8-15(17-9-16(14)17)19(18)22(24)28/h3-8,10,14-19H,9H2,1-2H3,(H,23,26)/t10-,14-,15-,16-,17-,18+,19+/m1/s1. The molecule has 2 saturated carbocycles. The van der Waals surface area contributed by atoms with Gasteiger partial charge in [0.05, 0.1) is 11.8 Å². The maximum atomic E-state index is 13.1. The number of carbonyl (C=O) groups excluding carboxylic acids is 4. The van der Waals surface area contributed by atoms with E-state index in [9.17, 15) is 19.2 Å². The Kier molecular flexibility index (Phi) is 3.63. The molecule has 7 atom stereocenters. The molecule has 1 N–H and O–H groups in total. The maximum Gasteiger partial charge on any atom is 0.247 e. The lowest BCUT2D eigenvalue weighted by Crippen LogP contribution is -2.46. The maximum absolute atomic E-state index is 13.1. The van der Waals surface area contributed by atoms with Gasteiger partial charge in [0.1, 0.15) is 6.04 Å². The molecular weight excluding hydrogens is 356 g/mol. The normalized spacial score (nSPS) is 35.4. The molecule has 0 unspecified atom stereocenters. The molecule has 1 aromatic carbocycles. The lowest BCUT2D eigenvalue weighted by Gasteiger charge is -2.37. The summed E-state index contributed by atoms with van der Waals surface area (Å²) >= 11 is 0. The number of Topliss-reactive ketones (excluding diaryl/α,β-unsaturated/α-hetero) is 1. The number of allylic oxidation sites excluding steroid dienone is 2. The van der Waals surface area contributed by atoms with Crippen LogP contribution in [0.25, 0.3) is 0 Å². The van der Waals surface area contributed by atoms with E-state index >= 15 is 0 Å². The van der Waals surface area contributed by atoms with Crippen molar-refractivity contribution in [1.82, 2.24) is 4.90 Å². The van der Waals surface area contributed by atoms with Crippen molar-refractivity contribution in [3.63, 3.8) is 0 Å². The highest BCUT2D eigenvalue weighted by Crippen LogP contribution is 2.65. The van der Waals surface area contributed by atoms with Gasteiger partial charge in [0, 0.05) is 11.3 Å². The minimum atomic E-state index is -0.867. The predicted molar refractivity (Wildman–Crippen MR) is 101 cm³/mol. The van der Waals surface area contributed by atoms with Crippen LogP contribution >= 0.6 is 0 Å². The number of hydrogen-bond acceptors (Lipinski definition) is 4. The van der Waals surface area contributed by atoms with E-state index in [4.69, 9.17) is 0 Å². The first-order valence-corrected chi connectivity index (χ1v) is 9.85. The fourth-order valence-corrected chi connectivity index (χ4v) is 5.51. The van der Waals surface area contributed by atoms with E-state index in [-0.39, 0.29) is 41.3 Å². The summed E-state index contributed by atoms with van der Waals surface area (Å²) in [5.41, 5.74) is 1.09. The Labute approximate surface area is 163 Å². The second kappa shape index (κ2) is 5.87. The van der Waals surface area contributed by atoms with Crippen molar-refractivity contribution in [2.75, 3.05) is 5.32 Å². The molecule has 1 aromatic rings. The van der Waals surface area contributed by atoms with Crippen LogP contribution in [-0.4, -0.2) is 34.4 Å². The molecule has 6 rings (SSSR count). The third-order valence-corrected chi connectivity index (χ3v) is 7.02. The summed E-state index contributed by atoms with van der Waals surface area (Å²) < 4.78 is 0. The zero-order chi connectivity index (χ0) is 19.7. The highest BCUT2D eigenvalue weighted by atomic mass is 16.2. The first-order chi connectivity index (χ1) is 13.4. The average molecular weight is 378 g/mol. The molecule has 0 spiro atoms. The summed E-state index contributed by atoms with van der Waals surface area (Å²) in [5, 5.41) is 2.75. The first kappa shape index (κ1) is 17.3. The predicted octanol–water partition coefficient (Wildman–Crippen LogP) is 2.27. The van der Waals surface area contributed by atoms with Crippen molar-refractivity contribution in [3.8, 4) is 0 Å². The van der Waals surface area contributed by atoms with Gasteiger partial charge in [-0.2, -0.15) is 0 Å². The molecule has 1 heterocycles. The van der Waals surface area contributed by atoms with Crippen molar-refractivity contribution in [2.24, 2.45) is 35.5 Å². The number of likely N-dealkylation sites (tertiary alicyclic amines) is 1. The largest absolute Gasteiger partial charge is 0.324 e. The van der Waals surface area contributed by atoms with E-state index in [0.717, 1.165) is 6.42 Å². The van der Waals surface area contributed by atoms with E-state index in [1.165, 1.54) is 11.8 Å². The topological polar surface area (TPSA) is 83.6 Å². The Morgan fingerprint density at radius 3 is 2.04 bits per heavy atom. The molecule has 3 fully saturated rings. The van der Waals surface area contributed by atoms with Gasteiger partial charge in [-0.05, 0) is 68.2 Å². The highest BCUT2D eigenvalue weighted by molar-refractivity contribution is 6.10. The van der Waals surface area contributed by atoms with Crippen LogP contribution in [0.4, 0.5) is 5.69 Å². The van der Waals surface area contributed by atoms with E-state index < -0.39 is 11.9 Å². The fourth-order valence-electron chi connectivity index (χ4n) is 5.51. The van der Waals surface area contributed by atoms with Crippen LogP contribution in [0.2, 0.25) is 0 Å². The number of ketones is 1. The van der Waals surface area contributed by atoms with Crippen LogP contribution in [0.15, 0.2) is 36.4 Å². The highest BCUT2D eigenvalue weighted by Gasteiger charge is 2.67. The molecule has 6 heteroatoms. The average Bonchev–Trinajstić information content (AvgIpc) is 3.45. The molecule has 3 amide bonds. The lowest BCUT2D eigenvalue weighted by atomic mass is 9.63. The minimum absolute atomic E-state index is 0.0524. The molecule has 4 aliphatic carbocycles. The number of rotatable bonds is 4. The van der Waals surface area contributed by atoms with Gasteiger partial charge >= 0.3 is 0 Å². The van der Waals surface area contributed by atoms with E-state index in [0.29, 0.717) is 23.1 Å². The molecular formula is C22H22N2O4. The number of hydrogen-bond donors (Lipinski definition) is 1. The summed E-state index contributed by atoms with van der Waals surface area (Å²) in [5.74, 6) is -0.0681. The van der Waals surface area contributed by atoms with Gasteiger partial charge in [0.15, 0.2) is 5.78 Å². The summed E-state index contributed by atoms with van der Waals surface area (Å²) in [4.78, 5) is 51.4. The fraction of sp³-hybridized carbons (Fsp3) is 0.455. The van der Waals surface area contributed by atoms with Gasteiger partial charge < -0.3 is 5.32 Å². The SMILES string of the molecule is CC(=O)c1ccc(NC(=O)[C@@H](C)N2C(=O)[C@H]3[C@@H]4C=C[C@H]([C@H]5C[C@H]45)[C@@H]3C2=O)cc1. The van der Waals surface area contributed by atoms with Gasteiger partial charge in [-0.1, -0.05) is 12.2 Å². The van der Waals surface area contributed by atoms with Crippen LogP contribution < -0.4 is 5.32 Å². The van der Waals surface area contributed by atoms with Crippen molar-refractivity contribution < 1.29 is 19.2 Å². The van der Waals surface area contributed by atoms with Gasteiger partial charge in [0.25, 0.3) is 0 Å². The molecule has 1 saturated heterocycles. The second-order valence-corrected chi connectivity index (χ2v) is 8.50. The van der Waals surface area contributed by atoms with Gasteiger partial charge in [-0.15, -0.1) is 0 Å². The van der Waals surface area contributed by atoms with E-state index in [2.05, 4.69) is 17.5 Å². The Bertz CT molecular complexity index is 898. The number of benzene rings is 1. The van der Waals surface area contributed by atoms with Gasteiger partial charge in [-0.25, -0.2) is 0 Å². The zero-order valence-electron chi connectivity index (χ0n) is 15.8. The molecule has 0 radical (unpaired) electrons. The van der Waals surface area contributed by atoms with Crippen LogP contribution in [0, 0.1) is 35.5 Å². The van der Waals surface area contributed by atoms with Crippen molar-refractivity contribution >= 4 is 29.2 Å². The Morgan fingerprint density at radius 2 is 1.54 bits per heavy atom. The van der Waals surface area contributed by atoms with E-state index in [1.54, 1.807) is 31.2 Å². The summed E-state index contributed by atoms with van der Waals surface area (Å²) in [6.07, 6.45) is 5.36. The van der Waals surface area contributed by atoms with Crippen molar-refractivity contribution in [1.29, 1.82) is 0 Å². The minimum Gasteiger partial charge on any atom is -0.324 e. The summed E-state index contributed by atoms with van der Waals surface area (Å²) in [6, 6.07) is 5.70. The van der Waals surface area contributed by atoms with Gasteiger partial charge in [-0.3, -0.25) is 24.1 Å². The third-order valence-electron chi connectivity index (χ3n) is 7.02. The van der Waals surface area contributed by atoms with Crippen LogP contribution in [0.3, 0.4) is 0 Å². The molecule has 144 valence electrons. The number of nitrogens with one attached hydrogen (secondary N) is 1. The van der Waals surface area contributed by atoms with Crippen LogP contribution in [-0.2, 0) is 14.4 Å². The van der Waals surface area contributed by atoms with Crippen molar-refractivity contribution in [3.05, 3.63) is 42.0 Å². The quantitative estimate of drug-likeness (QED) is 0.495. The summed E-state index contributed by atoms with van der Waals surface area (Å²) in [6.45, 7) is 3.08. The van der Waals surface area contributed by atoms with Crippen LogP contribution in [0.5, 0.6) is 0 Å². The number of carbonyl (C=O) groups is 4. The molecule has 1 aliphatic heterocycles.